The molecule has 2 aliphatic rings. The summed E-state index contributed by atoms with van der Waals surface area (Å²) >= 11 is 0. The van der Waals surface area contributed by atoms with Crippen molar-refractivity contribution in [2.45, 2.75) is 57.8 Å². The van der Waals surface area contributed by atoms with Gasteiger partial charge in [0.1, 0.15) is 18.2 Å². The van der Waals surface area contributed by atoms with Crippen LogP contribution in [0.5, 0.6) is 5.88 Å². The van der Waals surface area contributed by atoms with E-state index in [4.69, 9.17) is 9.47 Å². The fraction of sp³-hybridized carbons (Fsp3) is 0.542. The third-order valence-corrected chi connectivity index (χ3v) is 5.91. The molecule has 1 N–H and O–H groups in total. The number of nitrogens with one attached hydrogen (secondary N) is 1. The second-order valence-electron chi connectivity index (χ2n) is 8.64. The minimum atomic E-state index is -0.247. The summed E-state index contributed by atoms with van der Waals surface area (Å²) in [7, 11) is 0. The lowest BCUT2D eigenvalue weighted by atomic mass is 10.0. The maximum Gasteiger partial charge on any atom is 0.410 e. The molecule has 0 atom stereocenters. The number of likely N-dealkylation sites (tertiary alicyclic amines) is 1. The molecule has 0 unspecified atom stereocenters. The number of hydrogen-bond acceptors (Lipinski definition) is 7. The highest BCUT2D eigenvalue weighted by Gasteiger charge is 2.27. The van der Waals surface area contributed by atoms with E-state index in [0.717, 1.165) is 50.3 Å². The van der Waals surface area contributed by atoms with Crippen molar-refractivity contribution in [3.8, 4) is 5.88 Å². The SMILES string of the molecule is CC(C)OC(=O)N1CCC(Oc2cc(N(c3ccccc3)C3CCNCC3)ncn2)CC1. The highest BCUT2D eigenvalue weighted by atomic mass is 16.6. The standard InChI is InChI=1S/C24H33N5O3/c1-18(2)31-24(30)28-14-10-21(11-15-28)32-23-16-22(26-17-27-23)29(19-6-4-3-5-7-19)20-8-12-25-13-9-20/h3-7,16-18,20-21,25H,8-15H2,1-2H3. The molecule has 0 aliphatic carbocycles. The number of carbonyl (C=O) groups excluding carboxylic acids is 1. The number of ether oxygens (including phenoxy) is 2. The van der Waals surface area contributed by atoms with E-state index >= 15 is 0 Å². The van der Waals surface area contributed by atoms with E-state index in [1.165, 1.54) is 0 Å². The van der Waals surface area contributed by atoms with Crippen LogP contribution < -0.4 is 15.0 Å². The maximum absolute atomic E-state index is 12.1. The predicted molar refractivity (Wildman–Crippen MR) is 123 cm³/mol. The van der Waals surface area contributed by atoms with Crippen molar-refractivity contribution in [1.29, 1.82) is 0 Å². The number of piperidine rings is 2. The van der Waals surface area contributed by atoms with Gasteiger partial charge in [-0.1, -0.05) is 18.2 Å². The molecular weight excluding hydrogens is 406 g/mol. The van der Waals surface area contributed by atoms with E-state index in [1.54, 1.807) is 11.2 Å². The monoisotopic (exact) mass is 439 g/mol. The molecule has 0 radical (unpaired) electrons. The largest absolute Gasteiger partial charge is 0.474 e. The molecule has 1 aromatic heterocycles. The molecule has 8 nitrogen and oxygen atoms in total. The summed E-state index contributed by atoms with van der Waals surface area (Å²) < 4.78 is 11.5. The number of anilines is 2. The number of aromatic nitrogens is 2. The topological polar surface area (TPSA) is 79.8 Å². The Balaban J connectivity index is 1.44. The molecule has 2 aliphatic heterocycles. The van der Waals surface area contributed by atoms with E-state index in [2.05, 4.69) is 44.5 Å². The lowest BCUT2D eigenvalue weighted by Gasteiger charge is -2.36. The van der Waals surface area contributed by atoms with Crippen LogP contribution in [0.1, 0.15) is 39.5 Å². The fourth-order valence-electron chi connectivity index (χ4n) is 4.31. The van der Waals surface area contributed by atoms with E-state index in [1.807, 2.05) is 26.0 Å². The second-order valence-corrected chi connectivity index (χ2v) is 8.64. The average molecular weight is 440 g/mol. The average Bonchev–Trinajstić information content (AvgIpc) is 2.81. The third-order valence-electron chi connectivity index (χ3n) is 5.91. The van der Waals surface area contributed by atoms with Crippen molar-refractivity contribution in [3.05, 3.63) is 42.7 Å². The van der Waals surface area contributed by atoms with Crippen LogP contribution in [0, 0.1) is 0 Å². The van der Waals surface area contributed by atoms with Gasteiger partial charge < -0.3 is 24.6 Å². The fourth-order valence-corrected chi connectivity index (χ4v) is 4.31. The van der Waals surface area contributed by atoms with Crippen molar-refractivity contribution in [2.24, 2.45) is 0 Å². The molecule has 3 heterocycles. The van der Waals surface area contributed by atoms with Crippen molar-refractivity contribution < 1.29 is 14.3 Å². The zero-order valence-corrected chi connectivity index (χ0v) is 18.9. The lowest BCUT2D eigenvalue weighted by molar-refractivity contribution is 0.0507. The van der Waals surface area contributed by atoms with Gasteiger partial charge in [0.2, 0.25) is 5.88 Å². The van der Waals surface area contributed by atoms with Gasteiger partial charge in [0, 0.05) is 43.7 Å². The van der Waals surface area contributed by atoms with Crippen molar-refractivity contribution in [1.82, 2.24) is 20.2 Å². The first-order valence-electron chi connectivity index (χ1n) is 11.6. The Morgan fingerprint density at radius 1 is 1.09 bits per heavy atom. The number of benzene rings is 1. The molecule has 4 rings (SSSR count). The Hall–Kier alpha value is -2.87. The summed E-state index contributed by atoms with van der Waals surface area (Å²) in [6, 6.07) is 12.7. The van der Waals surface area contributed by atoms with Gasteiger partial charge in [-0.3, -0.25) is 0 Å². The summed E-state index contributed by atoms with van der Waals surface area (Å²) in [5.41, 5.74) is 1.13. The minimum absolute atomic E-state index is 0.0184. The Labute approximate surface area is 189 Å². The summed E-state index contributed by atoms with van der Waals surface area (Å²) in [5.74, 6) is 1.43. The third kappa shape index (κ3) is 5.68. The molecule has 0 bridgehead atoms. The summed E-state index contributed by atoms with van der Waals surface area (Å²) in [6.45, 7) is 6.98. The molecule has 32 heavy (non-hydrogen) atoms. The zero-order valence-electron chi connectivity index (χ0n) is 18.9. The van der Waals surface area contributed by atoms with E-state index in [9.17, 15) is 4.79 Å². The van der Waals surface area contributed by atoms with Crippen LogP contribution in [-0.2, 0) is 4.74 Å². The van der Waals surface area contributed by atoms with Crippen LogP contribution in [0.25, 0.3) is 0 Å². The second kappa shape index (κ2) is 10.6. The summed E-state index contributed by atoms with van der Waals surface area (Å²) in [4.78, 5) is 25.1. The number of carbonyl (C=O) groups is 1. The molecule has 172 valence electrons. The molecule has 2 fully saturated rings. The van der Waals surface area contributed by atoms with Crippen molar-refractivity contribution >= 4 is 17.6 Å². The van der Waals surface area contributed by atoms with Gasteiger partial charge in [0.25, 0.3) is 0 Å². The first-order valence-corrected chi connectivity index (χ1v) is 11.6. The maximum atomic E-state index is 12.1. The van der Waals surface area contributed by atoms with E-state index in [-0.39, 0.29) is 18.3 Å². The van der Waals surface area contributed by atoms with Gasteiger partial charge >= 0.3 is 6.09 Å². The Morgan fingerprint density at radius 2 is 1.81 bits per heavy atom. The Bertz CT molecular complexity index is 865. The zero-order chi connectivity index (χ0) is 22.3. The van der Waals surface area contributed by atoms with Gasteiger partial charge in [0.05, 0.1) is 6.10 Å². The van der Waals surface area contributed by atoms with Crippen LogP contribution >= 0.6 is 0 Å². The van der Waals surface area contributed by atoms with Gasteiger partial charge in [-0.15, -0.1) is 0 Å². The normalized spacial score (nSPS) is 17.9. The Kier molecular flexibility index (Phi) is 7.42. The lowest BCUT2D eigenvalue weighted by Crippen LogP contribution is -2.42. The van der Waals surface area contributed by atoms with Crippen LogP contribution in [0.3, 0.4) is 0 Å². The molecule has 1 amide bonds. The molecule has 1 aromatic carbocycles. The highest BCUT2D eigenvalue weighted by Crippen LogP contribution is 2.31. The number of amides is 1. The van der Waals surface area contributed by atoms with Crippen LogP contribution in [-0.4, -0.2) is 65.4 Å². The summed E-state index contributed by atoms with van der Waals surface area (Å²) in [6.07, 6.45) is 4.86. The van der Waals surface area contributed by atoms with Gasteiger partial charge in [0.15, 0.2) is 0 Å². The Morgan fingerprint density at radius 3 is 2.50 bits per heavy atom. The summed E-state index contributed by atoms with van der Waals surface area (Å²) in [5, 5.41) is 3.44. The number of nitrogens with zero attached hydrogens (tertiary/aromatic N) is 4. The molecule has 2 saturated heterocycles. The minimum Gasteiger partial charge on any atom is -0.474 e. The molecule has 8 heteroatoms. The van der Waals surface area contributed by atoms with Crippen molar-refractivity contribution in [3.63, 3.8) is 0 Å². The van der Waals surface area contributed by atoms with Gasteiger partial charge in [-0.2, -0.15) is 0 Å². The molecule has 0 spiro atoms. The van der Waals surface area contributed by atoms with Crippen LogP contribution in [0.15, 0.2) is 42.7 Å². The van der Waals surface area contributed by atoms with Crippen LogP contribution in [0.2, 0.25) is 0 Å². The number of rotatable bonds is 6. The first-order chi connectivity index (χ1) is 15.6. The van der Waals surface area contributed by atoms with Gasteiger partial charge in [-0.25, -0.2) is 14.8 Å². The number of para-hydroxylation sites is 1. The van der Waals surface area contributed by atoms with Crippen molar-refractivity contribution in [2.75, 3.05) is 31.1 Å². The highest BCUT2D eigenvalue weighted by molar-refractivity contribution is 5.67. The first kappa shape index (κ1) is 22.3. The molecule has 2 aromatic rings. The molecule has 0 saturated carbocycles. The van der Waals surface area contributed by atoms with E-state index < -0.39 is 0 Å². The quantitative estimate of drug-likeness (QED) is 0.734. The van der Waals surface area contributed by atoms with Crippen LogP contribution in [0.4, 0.5) is 16.3 Å². The number of hydrogen-bond donors (Lipinski definition) is 1. The molecular formula is C24H33N5O3. The van der Waals surface area contributed by atoms with E-state index in [0.29, 0.717) is 25.0 Å². The smallest absolute Gasteiger partial charge is 0.410 e. The predicted octanol–water partition coefficient (Wildman–Crippen LogP) is 3.75. The van der Waals surface area contributed by atoms with Gasteiger partial charge in [-0.05, 0) is 51.9 Å².